The Hall–Kier alpha value is 0.386. The Bertz CT molecular complexity index is 306. The summed E-state index contributed by atoms with van der Waals surface area (Å²) in [5.41, 5.74) is 1.11. The average molecular weight is 267 g/mol. The maximum atomic E-state index is 5.58. The molecule has 0 radical (unpaired) electrons. The van der Waals surface area contributed by atoms with Gasteiger partial charge >= 0.3 is 18.2 Å². The first kappa shape index (κ1) is 10.9. The Morgan fingerprint density at radius 3 is 2.29 bits per heavy atom. The number of ether oxygens (including phenoxy) is 2. The van der Waals surface area contributed by atoms with Crippen LogP contribution < -0.4 is 3.69 Å². The van der Waals surface area contributed by atoms with Crippen LogP contribution in [0.5, 0.6) is 0 Å². The molecule has 1 heterocycles. The van der Waals surface area contributed by atoms with E-state index in [1.165, 1.54) is 3.69 Å². The maximum absolute atomic E-state index is 5.58. The van der Waals surface area contributed by atoms with Gasteiger partial charge in [0.05, 0.1) is 13.2 Å². The molecule has 1 aromatic carbocycles. The molecule has 0 amide bonds. The molecule has 0 bridgehead atoms. The van der Waals surface area contributed by atoms with Gasteiger partial charge in [0, 0.05) is 5.56 Å². The van der Waals surface area contributed by atoms with Crippen molar-refractivity contribution in [2.45, 2.75) is 12.7 Å². The number of halogens is 1. The fraction of sp³-hybridized carbons (Fsp3) is 0.400. The van der Waals surface area contributed by atoms with E-state index in [1.807, 2.05) is 6.92 Å². The monoisotopic (exact) mass is 266 g/mol. The third kappa shape index (κ3) is 2.14. The van der Waals surface area contributed by atoms with E-state index in [9.17, 15) is 0 Å². The standard InChI is InChI=1S/C10H11O2.BrH.Mg/c1-10(11-7-8-12-10)9-5-3-2-4-6-9;;/h3-6H,7-8H2,1H3;1H;/q;;+1/p-1. The summed E-state index contributed by atoms with van der Waals surface area (Å²) in [4.78, 5) is 0. The van der Waals surface area contributed by atoms with Gasteiger partial charge in [-0.3, -0.25) is 12.9 Å². The second-order valence-corrected chi connectivity index (χ2v) is 6.24. The highest BCUT2D eigenvalue weighted by Gasteiger charge is 2.32. The molecule has 0 spiro atoms. The highest BCUT2D eigenvalue weighted by Crippen LogP contribution is 2.29. The van der Waals surface area contributed by atoms with Gasteiger partial charge in [0.25, 0.3) is 0 Å². The van der Waals surface area contributed by atoms with Crippen LogP contribution in [0.25, 0.3) is 0 Å². The number of hydrogen-bond donors (Lipinski definition) is 0. The van der Waals surface area contributed by atoms with Crippen molar-refractivity contribution < 1.29 is 9.47 Å². The molecule has 0 atom stereocenters. The molecular weight excluding hydrogens is 256 g/mol. The largest absolute Gasteiger partial charge is 0.506 e. The first-order chi connectivity index (χ1) is 6.74. The van der Waals surface area contributed by atoms with Crippen LogP contribution in [0.1, 0.15) is 12.5 Å². The van der Waals surface area contributed by atoms with Crippen molar-refractivity contribution in [3.05, 3.63) is 29.8 Å². The molecular formula is C10H11BrMgO2. The lowest BCUT2D eigenvalue weighted by Gasteiger charge is -2.22. The van der Waals surface area contributed by atoms with Crippen molar-refractivity contribution in [3.8, 4) is 0 Å². The number of hydrogen-bond acceptors (Lipinski definition) is 2. The predicted octanol–water partition coefficient (Wildman–Crippen LogP) is 1.55. The molecule has 0 N–H and O–H groups in total. The minimum Gasteiger partial charge on any atom is -0.344 e. The molecule has 0 aliphatic carbocycles. The number of benzene rings is 1. The Morgan fingerprint density at radius 2 is 1.79 bits per heavy atom. The lowest BCUT2D eigenvalue weighted by Crippen LogP contribution is -2.23. The quantitative estimate of drug-likeness (QED) is 0.757. The van der Waals surface area contributed by atoms with Crippen LogP contribution in [0.2, 0.25) is 0 Å². The van der Waals surface area contributed by atoms with Crippen LogP contribution >= 0.6 is 12.9 Å². The first-order valence-electron chi connectivity index (χ1n) is 4.68. The SMILES string of the molecule is CC1(c2cc[c]([Mg][Br])cc2)OCCO1. The zero-order chi connectivity index (χ0) is 10.0. The van der Waals surface area contributed by atoms with Crippen LogP contribution in [-0.4, -0.2) is 31.4 Å². The van der Waals surface area contributed by atoms with Gasteiger partial charge in [-0.1, -0.05) is 24.3 Å². The molecule has 0 aromatic heterocycles. The first-order valence-corrected chi connectivity index (χ1v) is 9.28. The van der Waals surface area contributed by atoms with E-state index >= 15 is 0 Å². The molecule has 14 heavy (non-hydrogen) atoms. The van der Waals surface area contributed by atoms with Crippen molar-refractivity contribution in [2.24, 2.45) is 0 Å². The molecule has 0 saturated carbocycles. The minimum atomic E-state index is -0.521. The predicted molar refractivity (Wildman–Crippen MR) is 60.0 cm³/mol. The molecule has 1 aromatic rings. The van der Waals surface area contributed by atoms with Crippen molar-refractivity contribution in [2.75, 3.05) is 13.2 Å². The highest BCUT2D eigenvalue weighted by atomic mass is 79.9. The normalized spacial score (nSPS) is 19.3. The maximum Gasteiger partial charge on any atom is 0.506 e. The second-order valence-electron chi connectivity index (χ2n) is 3.47. The van der Waals surface area contributed by atoms with Gasteiger partial charge in [0.2, 0.25) is 0 Å². The smallest absolute Gasteiger partial charge is 0.344 e. The van der Waals surface area contributed by atoms with Crippen LogP contribution in [0.3, 0.4) is 0 Å². The summed E-state index contributed by atoms with van der Waals surface area (Å²) < 4.78 is 12.6. The van der Waals surface area contributed by atoms with E-state index in [0.29, 0.717) is 13.2 Å². The van der Waals surface area contributed by atoms with E-state index in [2.05, 4.69) is 37.1 Å². The topological polar surface area (TPSA) is 18.5 Å². The van der Waals surface area contributed by atoms with E-state index in [1.54, 1.807) is 0 Å². The highest BCUT2D eigenvalue weighted by molar-refractivity contribution is 9.23. The Kier molecular flexibility index (Phi) is 3.49. The van der Waals surface area contributed by atoms with Gasteiger partial charge < -0.3 is 9.47 Å². The molecule has 1 aliphatic heterocycles. The summed E-state index contributed by atoms with van der Waals surface area (Å²) in [6.45, 7) is 3.34. The summed E-state index contributed by atoms with van der Waals surface area (Å²) in [5, 5.41) is 0. The van der Waals surface area contributed by atoms with Crippen molar-refractivity contribution in [1.29, 1.82) is 0 Å². The van der Waals surface area contributed by atoms with Gasteiger partial charge in [0.15, 0.2) is 5.79 Å². The van der Waals surface area contributed by atoms with Gasteiger partial charge in [-0.25, -0.2) is 0 Å². The lowest BCUT2D eigenvalue weighted by molar-refractivity contribution is -0.149. The zero-order valence-electron chi connectivity index (χ0n) is 8.13. The Morgan fingerprint density at radius 1 is 1.21 bits per heavy atom. The molecule has 1 aliphatic rings. The van der Waals surface area contributed by atoms with Gasteiger partial charge in [-0.05, 0) is 6.92 Å². The molecule has 1 saturated heterocycles. The van der Waals surface area contributed by atoms with Crippen molar-refractivity contribution in [1.82, 2.24) is 0 Å². The fourth-order valence-corrected chi connectivity index (χ4v) is 3.11. The number of rotatable bonds is 2. The molecule has 0 unspecified atom stereocenters. The summed E-state index contributed by atoms with van der Waals surface area (Å²) in [5.74, 6) is -0.521. The zero-order valence-corrected chi connectivity index (χ0v) is 11.1. The summed E-state index contributed by atoms with van der Waals surface area (Å²) >= 11 is 3.32. The van der Waals surface area contributed by atoms with E-state index < -0.39 is 5.79 Å². The lowest BCUT2D eigenvalue weighted by atomic mass is 10.1. The molecule has 2 nitrogen and oxygen atoms in total. The molecule has 72 valence electrons. The van der Waals surface area contributed by atoms with E-state index in [0.717, 1.165) is 5.56 Å². The second kappa shape index (κ2) is 4.49. The summed E-state index contributed by atoms with van der Waals surface area (Å²) in [7, 11) is 0. The van der Waals surface area contributed by atoms with Crippen molar-refractivity contribution >= 4 is 34.8 Å². The summed E-state index contributed by atoms with van der Waals surface area (Å²) in [6.07, 6.45) is 0. The minimum absolute atomic E-state index is 0.235. The molecule has 4 heteroatoms. The molecule has 2 rings (SSSR count). The van der Waals surface area contributed by atoms with Crippen molar-refractivity contribution in [3.63, 3.8) is 0 Å². The van der Waals surface area contributed by atoms with Gasteiger partial charge in [-0.15, -0.1) is 0 Å². The van der Waals surface area contributed by atoms with Crippen LogP contribution in [0.15, 0.2) is 24.3 Å². The fourth-order valence-electron chi connectivity index (χ4n) is 1.58. The summed E-state index contributed by atoms with van der Waals surface area (Å²) in [6, 6.07) is 8.48. The Balaban J connectivity index is 2.23. The van der Waals surface area contributed by atoms with Crippen LogP contribution in [-0.2, 0) is 15.3 Å². The average Bonchev–Trinajstić information content (AvgIpc) is 2.67. The Labute approximate surface area is 99.6 Å². The third-order valence-corrected chi connectivity index (χ3v) is 5.19. The van der Waals surface area contributed by atoms with E-state index in [4.69, 9.17) is 9.47 Å². The molecule has 1 fully saturated rings. The van der Waals surface area contributed by atoms with E-state index in [-0.39, 0.29) is 18.2 Å². The third-order valence-electron chi connectivity index (χ3n) is 2.47. The van der Waals surface area contributed by atoms with Gasteiger partial charge in [-0.2, -0.15) is 3.69 Å². The van der Waals surface area contributed by atoms with Crippen LogP contribution in [0, 0.1) is 0 Å². The van der Waals surface area contributed by atoms with Gasteiger partial charge in [0.1, 0.15) is 0 Å². The van der Waals surface area contributed by atoms with Crippen LogP contribution in [0.4, 0.5) is 0 Å².